The summed E-state index contributed by atoms with van der Waals surface area (Å²) in [7, 11) is 1.59. The van der Waals surface area contributed by atoms with Gasteiger partial charge in [-0.1, -0.05) is 6.07 Å². The van der Waals surface area contributed by atoms with E-state index in [2.05, 4.69) is 5.32 Å². The third kappa shape index (κ3) is 2.77. The number of hydrogen-bond donors (Lipinski definition) is 1. The van der Waals surface area contributed by atoms with E-state index < -0.39 is 5.69 Å². The summed E-state index contributed by atoms with van der Waals surface area (Å²) in [5.41, 5.74) is 0.494. The maximum absolute atomic E-state index is 13.3. The highest BCUT2D eigenvalue weighted by Crippen LogP contribution is 2.33. The van der Waals surface area contributed by atoms with Gasteiger partial charge in [-0.05, 0) is 38.0 Å². The molecule has 3 aromatic rings. The van der Waals surface area contributed by atoms with Crippen LogP contribution in [0.5, 0.6) is 0 Å². The van der Waals surface area contributed by atoms with Crippen molar-refractivity contribution in [1.29, 1.82) is 0 Å². The molecule has 0 aliphatic heterocycles. The molecule has 0 radical (unpaired) electrons. The highest BCUT2D eigenvalue weighted by Gasteiger charge is 2.30. The number of fused-ring (bicyclic) bond motifs is 1. The molecular weight excluding hydrogens is 360 g/mol. The number of rotatable bonds is 3. The molecule has 0 atom stereocenters. The number of aromatic nitrogens is 3. The van der Waals surface area contributed by atoms with E-state index in [1.165, 1.54) is 26.8 Å². The first-order valence-corrected chi connectivity index (χ1v) is 9.05. The lowest BCUT2D eigenvalue weighted by Gasteiger charge is -2.17. The van der Waals surface area contributed by atoms with Gasteiger partial charge in [0.25, 0.3) is 11.1 Å². The average molecular weight is 380 g/mol. The quantitative estimate of drug-likeness (QED) is 0.744. The van der Waals surface area contributed by atoms with Gasteiger partial charge in [-0.25, -0.2) is 4.79 Å². The first-order chi connectivity index (χ1) is 13.3. The van der Waals surface area contributed by atoms with Crippen LogP contribution < -0.4 is 22.1 Å². The predicted octanol–water partition coefficient (Wildman–Crippen LogP) is 1.45. The second-order valence-electron chi connectivity index (χ2n) is 7.19. The second-order valence-corrected chi connectivity index (χ2v) is 7.19. The van der Waals surface area contributed by atoms with E-state index in [0.717, 1.165) is 12.8 Å². The van der Waals surface area contributed by atoms with Crippen LogP contribution in [-0.4, -0.2) is 19.6 Å². The van der Waals surface area contributed by atoms with Gasteiger partial charge in [0.05, 0.1) is 16.6 Å². The summed E-state index contributed by atoms with van der Waals surface area (Å²) in [4.78, 5) is 50.2. The lowest BCUT2D eigenvalue weighted by molar-refractivity contribution is -0.114. The van der Waals surface area contributed by atoms with Gasteiger partial charge in [-0.2, -0.15) is 0 Å². The second kappa shape index (κ2) is 6.33. The van der Waals surface area contributed by atoms with E-state index in [9.17, 15) is 19.2 Å². The van der Waals surface area contributed by atoms with Crippen LogP contribution in [0.4, 0.5) is 5.69 Å². The number of carbonyl (C=O) groups is 1. The maximum atomic E-state index is 13.3. The number of benzene rings is 1. The zero-order valence-electron chi connectivity index (χ0n) is 15.9. The standard InChI is InChI=1S/C20H20N4O4/c1-11-17-16(10-22(3)18(11)26)19(27)24(14-7-8-14)20(28)23(17)15-6-4-5-13(9-15)21-12(2)25/h4-6,9-10,14H,7-8H2,1-3H3,(H,21,25). The summed E-state index contributed by atoms with van der Waals surface area (Å²) < 4.78 is 4.03. The Morgan fingerprint density at radius 2 is 1.86 bits per heavy atom. The molecule has 8 heteroatoms. The van der Waals surface area contributed by atoms with Crippen molar-refractivity contribution in [3.63, 3.8) is 0 Å². The summed E-state index contributed by atoms with van der Waals surface area (Å²) in [6, 6.07) is 6.67. The molecule has 1 aliphatic rings. The van der Waals surface area contributed by atoms with Gasteiger partial charge in [-0.15, -0.1) is 0 Å². The van der Waals surface area contributed by atoms with Gasteiger partial charge in [0.1, 0.15) is 0 Å². The molecule has 0 saturated heterocycles. The Morgan fingerprint density at radius 1 is 1.14 bits per heavy atom. The van der Waals surface area contributed by atoms with Gasteiger partial charge in [0.2, 0.25) is 5.91 Å². The Balaban J connectivity index is 2.15. The molecule has 0 bridgehead atoms. The zero-order valence-corrected chi connectivity index (χ0v) is 15.9. The Hall–Kier alpha value is -3.42. The van der Waals surface area contributed by atoms with Crippen LogP contribution in [0.3, 0.4) is 0 Å². The van der Waals surface area contributed by atoms with E-state index in [0.29, 0.717) is 27.8 Å². The topological polar surface area (TPSA) is 95.1 Å². The van der Waals surface area contributed by atoms with E-state index in [-0.39, 0.29) is 23.1 Å². The maximum Gasteiger partial charge on any atom is 0.336 e. The van der Waals surface area contributed by atoms with Crippen molar-refractivity contribution < 1.29 is 4.79 Å². The molecule has 1 aliphatic carbocycles. The summed E-state index contributed by atoms with van der Waals surface area (Å²) in [6.07, 6.45) is 3.04. The van der Waals surface area contributed by atoms with Crippen molar-refractivity contribution in [2.24, 2.45) is 7.05 Å². The van der Waals surface area contributed by atoms with Crippen molar-refractivity contribution in [2.75, 3.05) is 5.32 Å². The minimum atomic E-state index is -0.476. The van der Waals surface area contributed by atoms with Crippen molar-refractivity contribution in [3.05, 3.63) is 67.2 Å². The van der Waals surface area contributed by atoms with Crippen molar-refractivity contribution in [2.45, 2.75) is 32.7 Å². The Labute approximate surface area is 159 Å². The normalized spacial score (nSPS) is 13.7. The Kier molecular flexibility index (Phi) is 4.06. The van der Waals surface area contributed by atoms with Gasteiger partial charge in [0, 0.05) is 37.5 Å². The third-order valence-electron chi connectivity index (χ3n) is 4.98. The Morgan fingerprint density at radius 3 is 2.50 bits per heavy atom. The monoisotopic (exact) mass is 380 g/mol. The van der Waals surface area contributed by atoms with Crippen LogP contribution in [0.2, 0.25) is 0 Å². The molecule has 0 unspecified atom stereocenters. The van der Waals surface area contributed by atoms with Crippen LogP contribution in [0.15, 0.2) is 44.8 Å². The molecule has 2 heterocycles. The van der Waals surface area contributed by atoms with E-state index in [1.807, 2.05) is 0 Å². The van der Waals surface area contributed by atoms with Crippen LogP contribution >= 0.6 is 0 Å². The summed E-state index contributed by atoms with van der Waals surface area (Å²) >= 11 is 0. The smallest absolute Gasteiger partial charge is 0.326 e. The highest BCUT2D eigenvalue weighted by molar-refractivity contribution is 5.89. The fourth-order valence-corrected chi connectivity index (χ4v) is 3.57. The van der Waals surface area contributed by atoms with E-state index in [4.69, 9.17) is 0 Å². The molecule has 2 aromatic heterocycles. The predicted molar refractivity (Wildman–Crippen MR) is 106 cm³/mol. The number of amides is 1. The Bertz CT molecular complexity index is 1310. The highest BCUT2D eigenvalue weighted by atomic mass is 16.2. The van der Waals surface area contributed by atoms with Gasteiger partial charge in [-0.3, -0.25) is 23.5 Å². The summed E-state index contributed by atoms with van der Waals surface area (Å²) in [5.74, 6) is -0.234. The van der Waals surface area contributed by atoms with Crippen LogP contribution in [0.1, 0.15) is 31.4 Å². The molecule has 28 heavy (non-hydrogen) atoms. The lowest BCUT2D eigenvalue weighted by atomic mass is 10.2. The minimum absolute atomic E-state index is 0.119. The molecule has 0 spiro atoms. The van der Waals surface area contributed by atoms with Gasteiger partial charge in [0.15, 0.2) is 0 Å². The van der Waals surface area contributed by atoms with E-state index >= 15 is 0 Å². The molecule has 1 amide bonds. The SMILES string of the molecule is CC(=O)Nc1cccc(-n2c(=O)n(C3CC3)c(=O)c3cn(C)c(=O)c(C)c32)c1. The number of carbonyl (C=O) groups excluding carboxylic acids is 1. The first kappa shape index (κ1) is 18.0. The largest absolute Gasteiger partial charge is 0.336 e. The lowest BCUT2D eigenvalue weighted by Crippen LogP contribution is -2.40. The number of nitrogens with one attached hydrogen (secondary N) is 1. The molecule has 144 valence electrons. The number of pyridine rings is 1. The van der Waals surface area contributed by atoms with Crippen LogP contribution in [0, 0.1) is 6.92 Å². The molecule has 1 fully saturated rings. The van der Waals surface area contributed by atoms with Crippen molar-refractivity contribution in [3.8, 4) is 5.69 Å². The van der Waals surface area contributed by atoms with E-state index in [1.54, 1.807) is 38.2 Å². The number of nitrogens with zero attached hydrogens (tertiary/aromatic N) is 3. The van der Waals surface area contributed by atoms with Gasteiger partial charge < -0.3 is 9.88 Å². The summed E-state index contributed by atoms with van der Waals surface area (Å²) in [6.45, 7) is 3.01. The molecule has 4 rings (SSSR count). The third-order valence-corrected chi connectivity index (χ3v) is 4.98. The number of aryl methyl sites for hydroxylation is 2. The minimum Gasteiger partial charge on any atom is -0.326 e. The fourth-order valence-electron chi connectivity index (χ4n) is 3.57. The summed E-state index contributed by atoms with van der Waals surface area (Å²) in [5, 5.41) is 3.01. The van der Waals surface area contributed by atoms with Crippen molar-refractivity contribution in [1.82, 2.24) is 13.7 Å². The van der Waals surface area contributed by atoms with Crippen LogP contribution in [-0.2, 0) is 11.8 Å². The molecule has 8 nitrogen and oxygen atoms in total. The van der Waals surface area contributed by atoms with Gasteiger partial charge >= 0.3 is 5.69 Å². The number of hydrogen-bond acceptors (Lipinski definition) is 4. The molecule has 1 N–H and O–H groups in total. The first-order valence-electron chi connectivity index (χ1n) is 9.05. The molecule has 1 saturated carbocycles. The zero-order chi connectivity index (χ0) is 20.2. The molecule has 1 aromatic carbocycles. The molecular formula is C20H20N4O4. The number of anilines is 1. The average Bonchev–Trinajstić information content (AvgIpc) is 3.46. The van der Waals surface area contributed by atoms with Crippen molar-refractivity contribution >= 4 is 22.5 Å². The van der Waals surface area contributed by atoms with Crippen LogP contribution in [0.25, 0.3) is 16.6 Å². The fraction of sp³-hybridized carbons (Fsp3) is 0.300.